The van der Waals surface area contributed by atoms with E-state index in [1.807, 2.05) is 6.92 Å². The zero-order valence-corrected chi connectivity index (χ0v) is 9.76. The number of carboxylic acids is 1. The molecule has 3 atom stereocenters. The predicted molar refractivity (Wildman–Crippen MR) is 57.8 cm³/mol. The number of rotatable bonds is 7. The van der Waals surface area contributed by atoms with Gasteiger partial charge >= 0.3 is 5.97 Å². The first-order valence-corrected chi connectivity index (χ1v) is 6.44. The van der Waals surface area contributed by atoms with Crippen LogP contribution in [0.5, 0.6) is 0 Å². The number of nitrogens with one attached hydrogen (secondary N) is 1. The zero-order valence-electron chi connectivity index (χ0n) is 8.95. The van der Waals surface area contributed by atoms with Crippen LogP contribution in [0.2, 0.25) is 0 Å². The van der Waals surface area contributed by atoms with Crippen molar-refractivity contribution in [2.45, 2.75) is 26.3 Å². The fourth-order valence-corrected chi connectivity index (χ4v) is 1.55. The van der Waals surface area contributed by atoms with Gasteiger partial charge in [0.2, 0.25) is 0 Å². The topological polar surface area (TPSA) is 66.4 Å². The third-order valence-electron chi connectivity index (χ3n) is 2.21. The second kappa shape index (κ2) is 6.95. The van der Waals surface area contributed by atoms with Crippen molar-refractivity contribution < 1.29 is 14.1 Å². The van der Waals surface area contributed by atoms with Gasteiger partial charge in [0, 0.05) is 28.9 Å². The van der Waals surface area contributed by atoms with Crippen molar-refractivity contribution in [3.63, 3.8) is 0 Å². The van der Waals surface area contributed by atoms with E-state index in [2.05, 4.69) is 5.32 Å². The molecule has 0 fully saturated rings. The molecule has 4 nitrogen and oxygen atoms in total. The number of aliphatic carboxylic acids is 1. The Morgan fingerprint density at radius 1 is 1.50 bits per heavy atom. The van der Waals surface area contributed by atoms with Gasteiger partial charge < -0.3 is 10.4 Å². The molecule has 2 N–H and O–H groups in total. The van der Waals surface area contributed by atoms with Gasteiger partial charge in [-0.2, -0.15) is 0 Å². The molecule has 0 aromatic rings. The molecule has 0 spiro atoms. The fourth-order valence-electron chi connectivity index (χ4n) is 0.996. The second-order valence-corrected chi connectivity index (χ2v) is 5.06. The number of carbonyl (C=O) groups is 1. The number of hydrogen-bond acceptors (Lipinski definition) is 3. The lowest BCUT2D eigenvalue weighted by atomic mass is 10.0. The van der Waals surface area contributed by atoms with Gasteiger partial charge in [-0.1, -0.05) is 6.92 Å². The van der Waals surface area contributed by atoms with E-state index in [1.165, 1.54) is 0 Å². The first kappa shape index (κ1) is 13.6. The Morgan fingerprint density at radius 3 is 2.50 bits per heavy atom. The summed E-state index contributed by atoms with van der Waals surface area (Å²) in [6, 6.07) is -0.0437. The third-order valence-corrected chi connectivity index (χ3v) is 3.08. The predicted octanol–water partition coefficient (Wildman–Crippen LogP) is 0.454. The Morgan fingerprint density at radius 2 is 2.07 bits per heavy atom. The first-order valence-electron chi connectivity index (χ1n) is 4.71. The van der Waals surface area contributed by atoms with Gasteiger partial charge in [0.1, 0.15) is 0 Å². The molecule has 0 rings (SSSR count). The van der Waals surface area contributed by atoms with Crippen LogP contribution in [0, 0.1) is 5.92 Å². The Balaban J connectivity index is 3.58. The van der Waals surface area contributed by atoms with Crippen LogP contribution in [0.1, 0.15) is 20.3 Å². The zero-order chi connectivity index (χ0) is 11.1. The highest BCUT2D eigenvalue weighted by atomic mass is 32.2. The minimum Gasteiger partial charge on any atom is -0.481 e. The summed E-state index contributed by atoms with van der Waals surface area (Å²) in [4.78, 5) is 10.6. The Bertz CT molecular complexity index is 208. The maximum absolute atomic E-state index is 10.7. The maximum atomic E-state index is 10.7. The Hall–Kier alpha value is -0.420. The van der Waals surface area contributed by atoms with Crippen molar-refractivity contribution in [1.29, 1.82) is 0 Å². The minimum atomic E-state index is -0.788. The van der Waals surface area contributed by atoms with Crippen LogP contribution < -0.4 is 5.32 Å². The van der Waals surface area contributed by atoms with Crippen LogP contribution in [0.15, 0.2) is 0 Å². The SMILES string of the molecule is CC(NCCCS(C)=O)C(C)C(=O)O. The third kappa shape index (κ3) is 6.10. The Kier molecular flexibility index (Phi) is 6.74. The molecule has 84 valence electrons. The van der Waals surface area contributed by atoms with Crippen molar-refractivity contribution in [2.24, 2.45) is 5.92 Å². The highest BCUT2D eigenvalue weighted by Crippen LogP contribution is 2.01. The molecule has 0 bridgehead atoms. The van der Waals surface area contributed by atoms with Crippen molar-refractivity contribution >= 4 is 16.8 Å². The van der Waals surface area contributed by atoms with Crippen molar-refractivity contribution in [3.8, 4) is 0 Å². The molecular formula is C9H19NO3S. The van der Waals surface area contributed by atoms with Gasteiger partial charge in [-0.25, -0.2) is 0 Å². The fraction of sp³-hybridized carbons (Fsp3) is 0.889. The maximum Gasteiger partial charge on any atom is 0.307 e. The van der Waals surface area contributed by atoms with E-state index in [-0.39, 0.29) is 12.0 Å². The van der Waals surface area contributed by atoms with Crippen LogP contribution in [0.4, 0.5) is 0 Å². The number of carboxylic acid groups (broad SMARTS) is 1. The largest absolute Gasteiger partial charge is 0.481 e. The molecule has 0 aliphatic heterocycles. The molecule has 0 radical (unpaired) electrons. The summed E-state index contributed by atoms with van der Waals surface area (Å²) in [5.41, 5.74) is 0. The first-order chi connectivity index (χ1) is 6.45. The van der Waals surface area contributed by atoms with E-state index in [0.717, 1.165) is 13.0 Å². The summed E-state index contributed by atoms with van der Waals surface area (Å²) < 4.78 is 10.7. The second-order valence-electron chi connectivity index (χ2n) is 3.50. The molecule has 14 heavy (non-hydrogen) atoms. The molecule has 0 aliphatic carbocycles. The molecule has 0 saturated carbocycles. The molecule has 0 aromatic heterocycles. The molecule has 3 unspecified atom stereocenters. The van der Waals surface area contributed by atoms with Gasteiger partial charge in [0.05, 0.1) is 5.92 Å². The number of hydrogen-bond donors (Lipinski definition) is 2. The molecule has 0 aliphatic rings. The highest BCUT2D eigenvalue weighted by Gasteiger charge is 2.17. The van der Waals surface area contributed by atoms with Crippen LogP contribution in [0.3, 0.4) is 0 Å². The molecule has 0 heterocycles. The standard InChI is InChI=1S/C9H19NO3S/c1-7(9(11)12)8(2)10-5-4-6-14(3)13/h7-8,10H,4-6H2,1-3H3,(H,11,12). The van der Waals surface area contributed by atoms with Gasteiger partial charge in [0.25, 0.3) is 0 Å². The van der Waals surface area contributed by atoms with Crippen LogP contribution in [-0.4, -0.2) is 39.9 Å². The van der Waals surface area contributed by atoms with Crippen LogP contribution in [0.25, 0.3) is 0 Å². The van der Waals surface area contributed by atoms with E-state index in [9.17, 15) is 9.00 Å². The summed E-state index contributed by atoms with van der Waals surface area (Å²) in [7, 11) is -0.756. The summed E-state index contributed by atoms with van der Waals surface area (Å²) >= 11 is 0. The van der Waals surface area contributed by atoms with Crippen molar-refractivity contribution in [2.75, 3.05) is 18.6 Å². The van der Waals surface area contributed by atoms with E-state index < -0.39 is 16.8 Å². The summed E-state index contributed by atoms with van der Waals surface area (Å²) in [6.45, 7) is 4.25. The Labute approximate surface area is 87.5 Å². The molecule has 5 heteroatoms. The minimum absolute atomic E-state index is 0.0437. The summed E-state index contributed by atoms with van der Waals surface area (Å²) in [5, 5.41) is 11.8. The van der Waals surface area contributed by atoms with Crippen LogP contribution in [-0.2, 0) is 15.6 Å². The molecular weight excluding hydrogens is 202 g/mol. The normalized spacial score (nSPS) is 17.4. The lowest BCUT2D eigenvalue weighted by molar-refractivity contribution is -0.141. The van der Waals surface area contributed by atoms with Gasteiger partial charge in [-0.3, -0.25) is 9.00 Å². The molecule has 0 amide bonds. The lowest BCUT2D eigenvalue weighted by Crippen LogP contribution is -2.37. The average Bonchev–Trinajstić information content (AvgIpc) is 2.10. The van der Waals surface area contributed by atoms with Gasteiger partial charge in [-0.05, 0) is 19.9 Å². The van der Waals surface area contributed by atoms with E-state index in [1.54, 1.807) is 13.2 Å². The molecule has 0 saturated heterocycles. The van der Waals surface area contributed by atoms with Crippen LogP contribution >= 0.6 is 0 Å². The average molecular weight is 221 g/mol. The monoisotopic (exact) mass is 221 g/mol. The van der Waals surface area contributed by atoms with Gasteiger partial charge in [-0.15, -0.1) is 0 Å². The van der Waals surface area contributed by atoms with Crippen molar-refractivity contribution in [3.05, 3.63) is 0 Å². The van der Waals surface area contributed by atoms with E-state index in [0.29, 0.717) is 5.75 Å². The van der Waals surface area contributed by atoms with Gasteiger partial charge in [0.15, 0.2) is 0 Å². The van der Waals surface area contributed by atoms with E-state index >= 15 is 0 Å². The quantitative estimate of drug-likeness (QED) is 0.613. The highest BCUT2D eigenvalue weighted by molar-refractivity contribution is 7.84. The van der Waals surface area contributed by atoms with E-state index in [4.69, 9.17) is 5.11 Å². The van der Waals surface area contributed by atoms with Crippen molar-refractivity contribution in [1.82, 2.24) is 5.32 Å². The smallest absolute Gasteiger partial charge is 0.307 e. The summed E-state index contributed by atoms with van der Waals surface area (Å²) in [6.07, 6.45) is 2.49. The lowest BCUT2D eigenvalue weighted by Gasteiger charge is -2.17. The summed E-state index contributed by atoms with van der Waals surface area (Å²) in [5.74, 6) is -0.507. The molecule has 0 aromatic carbocycles.